The summed E-state index contributed by atoms with van der Waals surface area (Å²) >= 11 is 0. The molecule has 0 spiro atoms. The molecule has 0 fully saturated rings. The monoisotopic (exact) mass is 205 g/mol. The van der Waals surface area contributed by atoms with Gasteiger partial charge in [0.2, 0.25) is 10.0 Å². The van der Waals surface area contributed by atoms with Crippen molar-refractivity contribution in [2.75, 3.05) is 0 Å². The summed E-state index contributed by atoms with van der Waals surface area (Å²) in [5.41, 5.74) is 0. The lowest BCUT2D eigenvalue weighted by Gasteiger charge is -2.15. The van der Waals surface area contributed by atoms with Gasteiger partial charge < -0.3 is 0 Å². The van der Waals surface area contributed by atoms with E-state index in [9.17, 15) is 8.42 Å². The lowest BCUT2D eigenvalue weighted by molar-refractivity contribution is 0.511. The molecule has 0 amide bonds. The van der Waals surface area contributed by atoms with Crippen molar-refractivity contribution in [1.82, 2.24) is 0 Å². The fourth-order valence-electron chi connectivity index (χ4n) is 1.25. The quantitative estimate of drug-likeness (QED) is 0.670. The van der Waals surface area contributed by atoms with E-state index < -0.39 is 15.3 Å². The van der Waals surface area contributed by atoms with Gasteiger partial charge in [0.05, 0.1) is 5.25 Å². The van der Waals surface area contributed by atoms with Crippen LogP contribution in [0, 0.1) is 5.92 Å². The Kier molecular flexibility index (Phi) is 5.25. The van der Waals surface area contributed by atoms with E-state index in [4.69, 9.17) is 5.14 Å². The molecule has 13 heavy (non-hydrogen) atoms. The summed E-state index contributed by atoms with van der Waals surface area (Å²) in [7, 11) is -3.38. The minimum Gasteiger partial charge on any atom is -0.228 e. The summed E-state index contributed by atoms with van der Waals surface area (Å²) in [5, 5.41) is 4.70. The van der Waals surface area contributed by atoms with Crippen LogP contribution in [0.15, 0.2) is 12.7 Å². The molecule has 1 atom stereocenters. The third-order valence-electron chi connectivity index (χ3n) is 1.89. The van der Waals surface area contributed by atoms with Crippen LogP contribution in [0.1, 0.15) is 33.1 Å². The molecule has 0 saturated heterocycles. The molecule has 0 radical (unpaired) electrons. The molecular formula is C9H19NO2S. The lowest BCUT2D eigenvalue weighted by atomic mass is 10.0. The Morgan fingerprint density at radius 1 is 1.46 bits per heavy atom. The van der Waals surface area contributed by atoms with E-state index in [0.717, 1.165) is 0 Å². The van der Waals surface area contributed by atoms with Crippen LogP contribution in [0.25, 0.3) is 0 Å². The van der Waals surface area contributed by atoms with Crippen LogP contribution in [0.2, 0.25) is 0 Å². The third kappa shape index (κ3) is 5.82. The smallest absolute Gasteiger partial charge is 0.211 e. The van der Waals surface area contributed by atoms with Gasteiger partial charge in [-0.05, 0) is 25.2 Å². The molecule has 0 aliphatic carbocycles. The predicted octanol–water partition coefficient (Wildman–Crippen LogP) is 1.66. The number of rotatable bonds is 6. The van der Waals surface area contributed by atoms with Crippen LogP contribution in [0.5, 0.6) is 0 Å². The van der Waals surface area contributed by atoms with Gasteiger partial charge in [-0.1, -0.05) is 19.9 Å². The number of hydrogen-bond donors (Lipinski definition) is 1. The number of allylic oxidation sites excluding steroid dienone is 1. The highest BCUT2D eigenvalue weighted by molar-refractivity contribution is 7.89. The minimum absolute atomic E-state index is 0.355. The SMILES string of the molecule is C=CCCC(CC(C)C)S(N)(=O)=O. The Balaban J connectivity index is 4.28. The van der Waals surface area contributed by atoms with Gasteiger partial charge in [0.15, 0.2) is 0 Å². The molecule has 1 unspecified atom stereocenters. The Labute approximate surface area is 81.1 Å². The van der Waals surface area contributed by atoms with Gasteiger partial charge in [0, 0.05) is 0 Å². The average molecular weight is 205 g/mol. The van der Waals surface area contributed by atoms with Gasteiger partial charge in [-0.15, -0.1) is 6.58 Å². The highest BCUT2D eigenvalue weighted by Gasteiger charge is 2.21. The first-order valence-corrected chi connectivity index (χ1v) is 6.11. The maximum Gasteiger partial charge on any atom is 0.211 e. The lowest BCUT2D eigenvalue weighted by Crippen LogP contribution is -2.29. The molecule has 0 bridgehead atoms. The first kappa shape index (κ1) is 12.7. The topological polar surface area (TPSA) is 60.2 Å². The van der Waals surface area contributed by atoms with E-state index >= 15 is 0 Å². The van der Waals surface area contributed by atoms with E-state index in [0.29, 0.717) is 25.2 Å². The molecule has 0 heterocycles. The summed E-state index contributed by atoms with van der Waals surface area (Å²) in [6.45, 7) is 7.54. The van der Waals surface area contributed by atoms with Crippen molar-refractivity contribution in [2.24, 2.45) is 11.1 Å². The van der Waals surface area contributed by atoms with E-state index in [1.54, 1.807) is 6.08 Å². The number of primary sulfonamides is 1. The fourth-order valence-corrected chi connectivity index (χ4v) is 2.36. The normalized spacial score (nSPS) is 14.5. The summed E-state index contributed by atoms with van der Waals surface area (Å²) < 4.78 is 22.2. The van der Waals surface area contributed by atoms with E-state index in [2.05, 4.69) is 6.58 Å². The zero-order valence-electron chi connectivity index (χ0n) is 8.36. The van der Waals surface area contributed by atoms with Gasteiger partial charge in [0.25, 0.3) is 0 Å². The molecular weight excluding hydrogens is 186 g/mol. The number of sulfonamides is 1. The number of hydrogen-bond acceptors (Lipinski definition) is 2. The minimum atomic E-state index is -3.38. The second kappa shape index (κ2) is 5.40. The van der Waals surface area contributed by atoms with Crippen LogP contribution in [0.4, 0.5) is 0 Å². The van der Waals surface area contributed by atoms with Crippen molar-refractivity contribution >= 4 is 10.0 Å². The average Bonchev–Trinajstić information content (AvgIpc) is 1.95. The van der Waals surface area contributed by atoms with Crippen molar-refractivity contribution in [3.05, 3.63) is 12.7 Å². The van der Waals surface area contributed by atoms with Gasteiger partial charge in [-0.25, -0.2) is 13.6 Å². The van der Waals surface area contributed by atoms with Gasteiger partial charge in [0.1, 0.15) is 0 Å². The summed E-state index contributed by atoms with van der Waals surface area (Å²) in [6, 6.07) is 0. The van der Waals surface area contributed by atoms with Crippen molar-refractivity contribution in [3.63, 3.8) is 0 Å². The van der Waals surface area contributed by atoms with Crippen molar-refractivity contribution in [3.8, 4) is 0 Å². The van der Waals surface area contributed by atoms with Crippen LogP contribution in [0.3, 0.4) is 0 Å². The molecule has 4 heteroatoms. The fraction of sp³-hybridized carbons (Fsp3) is 0.778. The first-order chi connectivity index (χ1) is 5.88. The third-order valence-corrected chi connectivity index (χ3v) is 3.25. The van der Waals surface area contributed by atoms with Crippen LogP contribution >= 0.6 is 0 Å². The second-order valence-corrected chi connectivity index (χ2v) is 5.55. The first-order valence-electron chi connectivity index (χ1n) is 4.50. The molecule has 2 N–H and O–H groups in total. The Hall–Kier alpha value is -0.350. The van der Waals surface area contributed by atoms with Crippen molar-refractivity contribution < 1.29 is 8.42 Å². The largest absolute Gasteiger partial charge is 0.228 e. The Morgan fingerprint density at radius 3 is 2.31 bits per heavy atom. The van der Waals surface area contributed by atoms with Crippen molar-refractivity contribution in [2.45, 2.75) is 38.4 Å². The number of nitrogens with two attached hydrogens (primary N) is 1. The van der Waals surface area contributed by atoms with Gasteiger partial charge in [-0.3, -0.25) is 0 Å². The molecule has 0 rings (SSSR count). The van der Waals surface area contributed by atoms with Gasteiger partial charge in [-0.2, -0.15) is 0 Å². The standard InChI is InChI=1S/C9H19NO2S/c1-4-5-6-9(7-8(2)3)13(10,11)12/h4,8-9H,1,5-7H2,2-3H3,(H2,10,11,12). The molecule has 0 aromatic heterocycles. The zero-order chi connectivity index (χ0) is 10.5. The summed E-state index contributed by atoms with van der Waals surface area (Å²) in [6.07, 6.45) is 3.64. The molecule has 0 aromatic carbocycles. The molecule has 0 aliphatic heterocycles. The second-order valence-electron chi connectivity index (χ2n) is 3.71. The maximum atomic E-state index is 11.1. The van der Waals surface area contributed by atoms with Crippen LogP contribution < -0.4 is 5.14 Å². The van der Waals surface area contributed by atoms with Crippen LogP contribution in [-0.2, 0) is 10.0 Å². The molecule has 0 saturated carbocycles. The highest BCUT2D eigenvalue weighted by atomic mass is 32.2. The van der Waals surface area contributed by atoms with Gasteiger partial charge >= 0.3 is 0 Å². The highest BCUT2D eigenvalue weighted by Crippen LogP contribution is 2.15. The predicted molar refractivity (Wildman–Crippen MR) is 55.8 cm³/mol. The van der Waals surface area contributed by atoms with Crippen molar-refractivity contribution in [1.29, 1.82) is 0 Å². The molecule has 0 aliphatic rings. The Morgan fingerprint density at radius 2 is 2.00 bits per heavy atom. The molecule has 0 aromatic rings. The van der Waals surface area contributed by atoms with E-state index in [1.807, 2.05) is 13.8 Å². The zero-order valence-corrected chi connectivity index (χ0v) is 9.18. The Bertz CT molecular complexity index is 244. The van der Waals surface area contributed by atoms with Crippen LogP contribution in [-0.4, -0.2) is 13.7 Å². The molecule has 78 valence electrons. The van der Waals surface area contributed by atoms with E-state index in [-0.39, 0.29) is 0 Å². The maximum absolute atomic E-state index is 11.1. The molecule has 3 nitrogen and oxygen atoms in total. The summed E-state index contributed by atoms with van der Waals surface area (Å²) in [5.74, 6) is 0.355. The summed E-state index contributed by atoms with van der Waals surface area (Å²) in [4.78, 5) is 0. The van der Waals surface area contributed by atoms with E-state index in [1.165, 1.54) is 0 Å².